The van der Waals surface area contributed by atoms with Gasteiger partial charge in [0.1, 0.15) is 0 Å². The van der Waals surface area contributed by atoms with E-state index in [1.807, 2.05) is 6.07 Å². The summed E-state index contributed by atoms with van der Waals surface area (Å²) in [4.78, 5) is 11.3. The van der Waals surface area contributed by atoms with Crippen LogP contribution in [0.15, 0.2) is 12.1 Å². The molecule has 1 fully saturated rings. The third-order valence-electron chi connectivity index (χ3n) is 3.81. The summed E-state index contributed by atoms with van der Waals surface area (Å²) < 4.78 is 22.8. The van der Waals surface area contributed by atoms with Gasteiger partial charge in [-0.3, -0.25) is 4.79 Å². The minimum Gasteiger partial charge on any atom is -0.397 e. The highest BCUT2D eigenvalue weighted by Gasteiger charge is 2.27. The maximum Gasteiger partial charge on any atom is 0.228 e. The van der Waals surface area contributed by atoms with Gasteiger partial charge in [0.25, 0.3) is 0 Å². The van der Waals surface area contributed by atoms with Crippen LogP contribution in [0.2, 0.25) is 0 Å². The average Bonchev–Trinajstić information content (AvgIpc) is 2.87. The van der Waals surface area contributed by atoms with Gasteiger partial charge < -0.3 is 16.4 Å². The molecule has 6 nitrogen and oxygen atoms in total. The normalized spacial score (nSPS) is 23.4. The number of nitrogens with one attached hydrogen (secondary N) is 2. The van der Waals surface area contributed by atoms with Crippen LogP contribution in [0, 0.1) is 5.92 Å². The van der Waals surface area contributed by atoms with Crippen LogP contribution in [0.1, 0.15) is 12.0 Å². The van der Waals surface area contributed by atoms with E-state index in [9.17, 15) is 13.2 Å². The number of benzene rings is 1. The van der Waals surface area contributed by atoms with Crippen LogP contribution >= 0.6 is 0 Å². The molecule has 7 heteroatoms. The van der Waals surface area contributed by atoms with Gasteiger partial charge in [-0.2, -0.15) is 0 Å². The van der Waals surface area contributed by atoms with Crippen molar-refractivity contribution >= 4 is 32.8 Å². The first-order chi connectivity index (χ1) is 9.43. The first-order valence-corrected chi connectivity index (χ1v) is 8.41. The average molecular weight is 295 g/mol. The molecule has 20 heavy (non-hydrogen) atoms. The van der Waals surface area contributed by atoms with E-state index in [0.717, 1.165) is 16.9 Å². The van der Waals surface area contributed by atoms with E-state index in [0.29, 0.717) is 25.1 Å². The lowest BCUT2D eigenvalue weighted by Gasteiger charge is -2.14. The third kappa shape index (κ3) is 2.58. The van der Waals surface area contributed by atoms with E-state index >= 15 is 0 Å². The minimum atomic E-state index is -2.86. The Balaban J connectivity index is 1.70. The molecular weight excluding hydrogens is 278 g/mol. The molecule has 1 aromatic carbocycles. The fourth-order valence-electron chi connectivity index (χ4n) is 2.73. The van der Waals surface area contributed by atoms with Gasteiger partial charge in [-0.25, -0.2) is 8.42 Å². The van der Waals surface area contributed by atoms with Gasteiger partial charge in [0, 0.05) is 12.2 Å². The molecule has 1 unspecified atom stereocenters. The monoisotopic (exact) mass is 295 g/mol. The maximum absolute atomic E-state index is 11.4. The molecule has 2 heterocycles. The molecule has 3 rings (SSSR count). The molecule has 0 spiro atoms. The SMILES string of the molecule is Nc1cc2c(cc1NCC1CCS(=O)(=O)C1)NC(=O)C2. The molecule has 108 valence electrons. The second-order valence-corrected chi connectivity index (χ2v) is 7.70. The van der Waals surface area contributed by atoms with Crippen LogP contribution in [0.25, 0.3) is 0 Å². The van der Waals surface area contributed by atoms with Crippen molar-refractivity contribution in [2.75, 3.05) is 34.4 Å². The van der Waals surface area contributed by atoms with Crippen LogP contribution < -0.4 is 16.4 Å². The second kappa shape index (κ2) is 4.66. The summed E-state index contributed by atoms with van der Waals surface area (Å²) in [5.74, 6) is 0.608. The minimum absolute atomic E-state index is 0.0292. The maximum atomic E-state index is 11.4. The molecule has 0 saturated carbocycles. The number of nitrogens with two attached hydrogens (primary N) is 1. The van der Waals surface area contributed by atoms with Crippen LogP contribution in [0.4, 0.5) is 17.1 Å². The first kappa shape index (κ1) is 13.2. The van der Waals surface area contributed by atoms with E-state index in [-0.39, 0.29) is 23.3 Å². The molecule has 0 aliphatic carbocycles. The molecule has 2 aliphatic heterocycles. The summed E-state index contributed by atoms with van der Waals surface area (Å²) >= 11 is 0. The van der Waals surface area contributed by atoms with Crippen LogP contribution in [0.3, 0.4) is 0 Å². The zero-order chi connectivity index (χ0) is 14.3. The molecule has 0 radical (unpaired) electrons. The van der Waals surface area contributed by atoms with Crippen molar-refractivity contribution in [2.45, 2.75) is 12.8 Å². The smallest absolute Gasteiger partial charge is 0.228 e. The topological polar surface area (TPSA) is 101 Å². The number of hydrogen-bond acceptors (Lipinski definition) is 5. The second-order valence-electron chi connectivity index (χ2n) is 5.47. The first-order valence-electron chi connectivity index (χ1n) is 6.59. The number of sulfone groups is 1. The van der Waals surface area contributed by atoms with Gasteiger partial charge in [-0.05, 0) is 30.0 Å². The van der Waals surface area contributed by atoms with E-state index in [1.54, 1.807) is 6.07 Å². The Morgan fingerprint density at radius 3 is 2.90 bits per heavy atom. The number of carbonyl (C=O) groups excluding carboxylic acids is 1. The summed E-state index contributed by atoms with van der Waals surface area (Å²) in [6.07, 6.45) is 1.05. The number of rotatable bonds is 3. The van der Waals surface area contributed by atoms with Gasteiger partial charge >= 0.3 is 0 Å². The number of fused-ring (bicyclic) bond motifs is 1. The van der Waals surface area contributed by atoms with Crippen LogP contribution in [-0.4, -0.2) is 32.4 Å². The fourth-order valence-corrected chi connectivity index (χ4v) is 4.60. The highest BCUT2D eigenvalue weighted by molar-refractivity contribution is 7.91. The Kier molecular flexibility index (Phi) is 3.08. The van der Waals surface area contributed by atoms with Gasteiger partial charge in [-0.1, -0.05) is 0 Å². The highest BCUT2D eigenvalue weighted by atomic mass is 32.2. The lowest BCUT2D eigenvalue weighted by Crippen LogP contribution is -2.16. The van der Waals surface area contributed by atoms with Gasteiger partial charge in [0.05, 0.1) is 29.3 Å². The zero-order valence-electron chi connectivity index (χ0n) is 11.0. The van der Waals surface area contributed by atoms with Crippen molar-refractivity contribution in [3.8, 4) is 0 Å². The molecular formula is C13H17N3O3S. The van der Waals surface area contributed by atoms with E-state index in [1.165, 1.54) is 0 Å². The lowest BCUT2D eigenvalue weighted by atomic mass is 10.1. The fraction of sp³-hybridized carbons (Fsp3) is 0.462. The van der Waals surface area contributed by atoms with Gasteiger partial charge in [0.15, 0.2) is 9.84 Å². The number of carbonyl (C=O) groups is 1. The van der Waals surface area contributed by atoms with E-state index in [2.05, 4.69) is 10.6 Å². The predicted molar refractivity (Wildman–Crippen MR) is 78.4 cm³/mol. The highest BCUT2D eigenvalue weighted by Crippen LogP contribution is 2.32. The Morgan fingerprint density at radius 1 is 1.40 bits per heavy atom. The predicted octanol–water partition coefficient (Wildman–Crippen LogP) is 0.610. The standard InChI is InChI=1S/C13H17N3O3S/c14-10-3-9-4-13(17)16-11(9)5-12(10)15-6-8-1-2-20(18,19)7-8/h3,5,8,15H,1-2,4,6-7,14H2,(H,16,17). The van der Waals surface area contributed by atoms with Crippen molar-refractivity contribution in [1.82, 2.24) is 0 Å². The summed E-state index contributed by atoms with van der Waals surface area (Å²) in [6.45, 7) is 0.580. The molecule has 1 saturated heterocycles. The quantitative estimate of drug-likeness (QED) is 0.709. The van der Waals surface area contributed by atoms with Crippen molar-refractivity contribution in [2.24, 2.45) is 5.92 Å². The summed E-state index contributed by atoms with van der Waals surface area (Å²) in [5.41, 5.74) is 8.97. The Morgan fingerprint density at radius 2 is 2.20 bits per heavy atom. The van der Waals surface area contributed by atoms with Gasteiger partial charge in [0.2, 0.25) is 5.91 Å². The molecule has 1 amide bonds. The van der Waals surface area contributed by atoms with Crippen LogP contribution in [0.5, 0.6) is 0 Å². The van der Waals surface area contributed by atoms with Crippen molar-refractivity contribution in [1.29, 1.82) is 0 Å². The van der Waals surface area contributed by atoms with E-state index < -0.39 is 9.84 Å². The van der Waals surface area contributed by atoms with E-state index in [4.69, 9.17) is 5.73 Å². The number of nitrogen functional groups attached to an aromatic ring is 1. The number of hydrogen-bond donors (Lipinski definition) is 3. The van der Waals surface area contributed by atoms with Crippen molar-refractivity contribution in [3.63, 3.8) is 0 Å². The number of amides is 1. The van der Waals surface area contributed by atoms with Gasteiger partial charge in [-0.15, -0.1) is 0 Å². The van der Waals surface area contributed by atoms with Crippen molar-refractivity contribution < 1.29 is 13.2 Å². The largest absolute Gasteiger partial charge is 0.397 e. The van der Waals surface area contributed by atoms with Crippen molar-refractivity contribution in [3.05, 3.63) is 17.7 Å². The molecule has 0 aromatic heterocycles. The molecule has 4 N–H and O–H groups in total. The zero-order valence-corrected chi connectivity index (χ0v) is 11.8. The Labute approximate surface area is 117 Å². The summed E-state index contributed by atoms with van der Waals surface area (Å²) in [7, 11) is -2.86. The molecule has 2 aliphatic rings. The van der Waals surface area contributed by atoms with Crippen LogP contribution in [-0.2, 0) is 21.1 Å². The molecule has 0 bridgehead atoms. The summed E-state index contributed by atoms with van der Waals surface area (Å²) in [5, 5.41) is 5.97. The Hall–Kier alpha value is -1.76. The summed E-state index contributed by atoms with van der Waals surface area (Å²) in [6, 6.07) is 3.61. The lowest BCUT2D eigenvalue weighted by molar-refractivity contribution is -0.115. The molecule has 1 aromatic rings. The third-order valence-corrected chi connectivity index (χ3v) is 5.65. The Bertz CT molecular complexity index is 670. The molecule has 1 atom stereocenters. The number of anilines is 3.